The molecule has 1 fully saturated rings. The van der Waals surface area contributed by atoms with Crippen LogP contribution < -0.4 is 15.4 Å². The average molecular weight is 365 g/mol. The number of nitrogens with one attached hydrogen (secondary N) is 2. The van der Waals surface area contributed by atoms with Crippen LogP contribution in [0.5, 0.6) is 5.88 Å². The molecule has 7 nitrogen and oxygen atoms in total. The van der Waals surface area contributed by atoms with Gasteiger partial charge in [-0.3, -0.25) is 9.48 Å². The number of rotatable bonds is 5. The van der Waals surface area contributed by atoms with Crippen molar-refractivity contribution in [3.8, 4) is 5.88 Å². The fourth-order valence-electron chi connectivity index (χ4n) is 3.46. The lowest BCUT2D eigenvalue weighted by atomic mass is 10.1. The summed E-state index contributed by atoms with van der Waals surface area (Å²) in [5, 5.41) is 11.8. The molecule has 1 unspecified atom stereocenters. The monoisotopic (exact) mass is 365 g/mol. The summed E-state index contributed by atoms with van der Waals surface area (Å²) in [5.41, 5.74) is 2.24. The molecule has 3 aromatic rings. The predicted molar refractivity (Wildman–Crippen MR) is 103 cm³/mol. The molecule has 1 atom stereocenters. The molecule has 1 aromatic carbocycles. The number of pyridine rings is 1. The third kappa shape index (κ3) is 3.78. The third-order valence-corrected chi connectivity index (χ3v) is 4.91. The van der Waals surface area contributed by atoms with E-state index >= 15 is 0 Å². The molecule has 0 spiro atoms. The molecule has 0 aliphatic carbocycles. The van der Waals surface area contributed by atoms with Crippen LogP contribution in [0.4, 0.5) is 0 Å². The first-order valence-electron chi connectivity index (χ1n) is 9.21. The molecule has 2 N–H and O–H groups in total. The summed E-state index contributed by atoms with van der Waals surface area (Å²) >= 11 is 0. The minimum Gasteiger partial charge on any atom is -0.481 e. The van der Waals surface area contributed by atoms with E-state index in [1.165, 1.54) is 0 Å². The number of hydrogen-bond donors (Lipinski definition) is 2. The maximum absolute atomic E-state index is 12.6. The minimum atomic E-state index is -0.183. The lowest BCUT2D eigenvalue weighted by molar-refractivity contribution is 0.0944. The van der Waals surface area contributed by atoms with Gasteiger partial charge in [-0.05, 0) is 37.1 Å². The van der Waals surface area contributed by atoms with E-state index in [0.29, 0.717) is 24.2 Å². The van der Waals surface area contributed by atoms with Gasteiger partial charge in [0.1, 0.15) is 5.69 Å². The van der Waals surface area contributed by atoms with E-state index in [9.17, 15) is 4.79 Å². The van der Waals surface area contributed by atoms with E-state index in [1.807, 2.05) is 41.2 Å². The maximum atomic E-state index is 12.6. The Kier molecular flexibility index (Phi) is 5.02. The van der Waals surface area contributed by atoms with Gasteiger partial charge in [0.2, 0.25) is 5.88 Å². The fourth-order valence-corrected chi connectivity index (χ4v) is 3.46. The van der Waals surface area contributed by atoms with Crippen molar-refractivity contribution >= 4 is 16.8 Å². The van der Waals surface area contributed by atoms with E-state index < -0.39 is 0 Å². The van der Waals surface area contributed by atoms with Gasteiger partial charge in [-0.15, -0.1) is 0 Å². The van der Waals surface area contributed by atoms with Crippen molar-refractivity contribution in [2.45, 2.75) is 25.4 Å². The lowest BCUT2D eigenvalue weighted by Gasteiger charge is -2.22. The van der Waals surface area contributed by atoms with Gasteiger partial charge in [-0.25, -0.2) is 4.98 Å². The van der Waals surface area contributed by atoms with Crippen molar-refractivity contribution in [2.75, 3.05) is 20.2 Å². The van der Waals surface area contributed by atoms with Gasteiger partial charge in [0.25, 0.3) is 5.91 Å². The van der Waals surface area contributed by atoms with E-state index in [0.717, 1.165) is 42.4 Å². The Hall–Kier alpha value is -2.93. The molecule has 0 bridgehead atoms. The molecular weight excluding hydrogens is 342 g/mol. The maximum Gasteiger partial charge on any atom is 0.272 e. The number of carbonyl (C=O) groups is 1. The van der Waals surface area contributed by atoms with Crippen LogP contribution in [0.15, 0.2) is 42.6 Å². The van der Waals surface area contributed by atoms with Gasteiger partial charge in [-0.2, -0.15) is 5.10 Å². The van der Waals surface area contributed by atoms with Crippen LogP contribution in [-0.4, -0.2) is 40.9 Å². The van der Waals surface area contributed by atoms with Crippen molar-refractivity contribution in [1.82, 2.24) is 25.4 Å². The summed E-state index contributed by atoms with van der Waals surface area (Å²) in [7, 11) is 1.59. The third-order valence-electron chi connectivity index (χ3n) is 4.91. The van der Waals surface area contributed by atoms with Gasteiger partial charge >= 0.3 is 0 Å². The molecule has 140 valence electrons. The van der Waals surface area contributed by atoms with Crippen LogP contribution in [-0.2, 0) is 6.54 Å². The molecule has 1 saturated heterocycles. The summed E-state index contributed by atoms with van der Waals surface area (Å²) < 4.78 is 7.17. The van der Waals surface area contributed by atoms with Crippen molar-refractivity contribution in [3.63, 3.8) is 0 Å². The molecular formula is C20H23N5O2. The van der Waals surface area contributed by atoms with Crippen molar-refractivity contribution in [1.29, 1.82) is 0 Å². The highest BCUT2D eigenvalue weighted by atomic mass is 16.5. The SMILES string of the molecule is COc1cc(CNC(=O)c2ccn(C3CCCNC3)n2)c2ccccc2n1. The summed E-state index contributed by atoms with van der Waals surface area (Å²) in [4.78, 5) is 17.0. The van der Waals surface area contributed by atoms with Crippen molar-refractivity contribution < 1.29 is 9.53 Å². The van der Waals surface area contributed by atoms with Crippen molar-refractivity contribution in [2.24, 2.45) is 0 Å². The zero-order valence-electron chi connectivity index (χ0n) is 15.3. The number of hydrogen-bond acceptors (Lipinski definition) is 5. The second-order valence-electron chi connectivity index (χ2n) is 6.70. The zero-order valence-corrected chi connectivity index (χ0v) is 15.3. The lowest BCUT2D eigenvalue weighted by Crippen LogP contribution is -2.32. The van der Waals surface area contributed by atoms with Crippen LogP contribution >= 0.6 is 0 Å². The number of amides is 1. The molecule has 1 aliphatic rings. The first kappa shape index (κ1) is 17.5. The van der Waals surface area contributed by atoms with Crippen LogP contribution in [0, 0.1) is 0 Å². The Labute approximate surface area is 157 Å². The van der Waals surface area contributed by atoms with Gasteiger partial charge in [0.15, 0.2) is 0 Å². The fraction of sp³-hybridized carbons (Fsp3) is 0.350. The highest BCUT2D eigenvalue weighted by Crippen LogP contribution is 2.22. The molecule has 0 radical (unpaired) electrons. The Balaban J connectivity index is 1.48. The first-order valence-corrected chi connectivity index (χ1v) is 9.21. The highest BCUT2D eigenvalue weighted by Gasteiger charge is 2.18. The topological polar surface area (TPSA) is 81.1 Å². The number of ether oxygens (including phenoxy) is 1. The first-order chi connectivity index (χ1) is 13.2. The Morgan fingerprint density at radius 3 is 3.07 bits per heavy atom. The van der Waals surface area contributed by atoms with Gasteiger partial charge in [0, 0.05) is 30.7 Å². The smallest absolute Gasteiger partial charge is 0.272 e. The summed E-state index contributed by atoms with van der Waals surface area (Å²) in [6.07, 6.45) is 4.10. The van der Waals surface area contributed by atoms with E-state index in [1.54, 1.807) is 13.2 Å². The average Bonchev–Trinajstić information content (AvgIpc) is 3.22. The summed E-state index contributed by atoms with van der Waals surface area (Å²) in [6.45, 7) is 2.33. The quantitative estimate of drug-likeness (QED) is 0.725. The van der Waals surface area contributed by atoms with Crippen LogP contribution in [0.3, 0.4) is 0 Å². The normalized spacial score (nSPS) is 17.0. The van der Waals surface area contributed by atoms with Gasteiger partial charge in [0.05, 0.1) is 18.7 Å². The number of fused-ring (bicyclic) bond motifs is 1. The van der Waals surface area contributed by atoms with Crippen LogP contribution in [0.1, 0.15) is 34.9 Å². The highest BCUT2D eigenvalue weighted by molar-refractivity contribution is 5.92. The van der Waals surface area contributed by atoms with Crippen LogP contribution in [0.25, 0.3) is 10.9 Å². The van der Waals surface area contributed by atoms with Gasteiger partial charge in [-0.1, -0.05) is 18.2 Å². The minimum absolute atomic E-state index is 0.183. The molecule has 1 aliphatic heterocycles. The Morgan fingerprint density at radius 1 is 1.37 bits per heavy atom. The summed E-state index contributed by atoms with van der Waals surface area (Å²) in [5.74, 6) is 0.351. The van der Waals surface area contributed by atoms with E-state index in [-0.39, 0.29) is 5.91 Å². The number of methoxy groups -OCH3 is 1. The summed E-state index contributed by atoms with van der Waals surface area (Å²) in [6, 6.07) is 11.8. The predicted octanol–water partition coefficient (Wildman–Crippen LogP) is 2.29. The molecule has 3 heterocycles. The number of para-hydroxylation sites is 1. The standard InChI is InChI=1S/C20H23N5O2/c1-27-19-11-14(16-6-2-3-7-17(16)23-19)12-22-20(26)18-8-10-25(24-18)15-5-4-9-21-13-15/h2-3,6-8,10-11,15,21H,4-5,9,12-13H2,1H3,(H,22,26). The van der Waals surface area contributed by atoms with Crippen molar-refractivity contribution in [3.05, 3.63) is 53.9 Å². The number of aromatic nitrogens is 3. The van der Waals surface area contributed by atoms with Gasteiger partial charge < -0.3 is 15.4 Å². The van der Waals surface area contributed by atoms with E-state index in [2.05, 4.69) is 20.7 Å². The number of piperidine rings is 1. The largest absolute Gasteiger partial charge is 0.481 e. The van der Waals surface area contributed by atoms with E-state index in [4.69, 9.17) is 4.74 Å². The molecule has 27 heavy (non-hydrogen) atoms. The number of carbonyl (C=O) groups excluding carboxylic acids is 1. The second kappa shape index (κ2) is 7.75. The molecule has 7 heteroatoms. The Bertz CT molecular complexity index is 946. The zero-order chi connectivity index (χ0) is 18.6. The second-order valence-corrected chi connectivity index (χ2v) is 6.70. The number of benzene rings is 1. The van der Waals surface area contributed by atoms with Crippen LogP contribution in [0.2, 0.25) is 0 Å². The molecule has 1 amide bonds. The molecule has 0 saturated carbocycles. The molecule has 4 rings (SSSR count). The molecule has 2 aromatic heterocycles. The number of nitrogens with zero attached hydrogens (tertiary/aromatic N) is 3. The Morgan fingerprint density at radius 2 is 2.26 bits per heavy atom.